The SMILES string of the molecule is CCOC(=O)OC/C=C/c1ccc([N+](=O)[O-])cc1. The van der Waals surface area contributed by atoms with Crippen LogP contribution in [0.2, 0.25) is 0 Å². The van der Waals surface area contributed by atoms with Gasteiger partial charge in [-0.3, -0.25) is 10.1 Å². The van der Waals surface area contributed by atoms with Crippen molar-refractivity contribution in [2.24, 2.45) is 0 Å². The van der Waals surface area contributed by atoms with Crippen LogP contribution in [0.25, 0.3) is 6.08 Å². The lowest BCUT2D eigenvalue weighted by Crippen LogP contribution is -2.06. The van der Waals surface area contributed by atoms with Crippen LogP contribution in [0.5, 0.6) is 0 Å². The van der Waals surface area contributed by atoms with Crippen LogP contribution in [0.1, 0.15) is 12.5 Å². The Kier molecular flexibility index (Phi) is 5.37. The molecule has 1 aromatic rings. The number of benzene rings is 1. The molecule has 0 bridgehead atoms. The number of hydrogen-bond acceptors (Lipinski definition) is 5. The molecule has 0 saturated heterocycles. The van der Waals surface area contributed by atoms with Crippen molar-refractivity contribution in [2.45, 2.75) is 6.92 Å². The maximum atomic E-state index is 10.8. The highest BCUT2D eigenvalue weighted by Gasteiger charge is 2.02. The lowest BCUT2D eigenvalue weighted by molar-refractivity contribution is -0.384. The number of hydrogen-bond donors (Lipinski definition) is 0. The fourth-order valence-corrected chi connectivity index (χ4v) is 1.17. The van der Waals surface area contributed by atoms with Crippen molar-refractivity contribution < 1.29 is 19.2 Å². The molecule has 0 aliphatic carbocycles. The van der Waals surface area contributed by atoms with E-state index in [1.807, 2.05) is 0 Å². The van der Waals surface area contributed by atoms with Crippen LogP contribution >= 0.6 is 0 Å². The zero-order chi connectivity index (χ0) is 13.4. The molecule has 0 spiro atoms. The van der Waals surface area contributed by atoms with Crippen LogP contribution in [0.4, 0.5) is 10.5 Å². The summed E-state index contributed by atoms with van der Waals surface area (Å²) < 4.78 is 9.28. The molecule has 6 nitrogen and oxygen atoms in total. The summed E-state index contributed by atoms with van der Waals surface area (Å²) in [7, 11) is 0. The molecule has 96 valence electrons. The van der Waals surface area contributed by atoms with Crippen LogP contribution in [0.3, 0.4) is 0 Å². The van der Waals surface area contributed by atoms with Crippen molar-refractivity contribution >= 4 is 17.9 Å². The Morgan fingerprint density at radius 2 is 2.00 bits per heavy atom. The van der Waals surface area contributed by atoms with E-state index in [1.165, 1.54) is 12.1 Å². The Bertz CT molecular complexity index is 438. The van der Waals surface area contributed by atoms with Crippen LogP contribution in [-0.4, -0.2) is 24.3 Å². The van der Waals surface area contributed by atoms with E-state index < -0.39 is 11.1 Å². The summed E-state index contributed by atoms with van der Waals surface area (Å²) in [6.07, 6.45) is 2.60. The molecule has 0 saturated carbocycles. The van der Waals surface area contributed by atoms with Crippen molar-refractivity contribution in [3.63, 3.8) is 0 Å². The minimum atomic E-state index is -0.717. The Hall–Kier alpha value is -2.37. The number of nitro benzene ring substituents is 1. The summed E-state index contributed by atoms with van der Waals surface area (Å²) in [6, 6.07) is 6.04. The molecule has 0 heterocycles. The quantitative estimate of drug-likeness (QED) is 0.456. The number of carbonyl (C=O) groups excluding carboxylic acids is 1. The summed E-state index contributed by atoms with van der Waals surface area (Å²) in [4.78, 5) is 20.8. The van der Waals surface area contributed by atoms with Gasteiger partial charge in [-0.2, -0.15) is 0 Å². The zero-order valence-corrected chi connectivity index (χ0v) is 9.87. The van der Waals surface area contributed by atoms with Crippen molar-refractivity contribution in [3.8, 4) is 0 Å². The third-order valence-electron chi connectivity index (χ3n) is 1.97. The first kappa shape index (κ1) is 13.7. The van der Waals surface area contributed by atoms with Gasteiger partial charge >= 0.3 is 6.16 Å². The van der Waals surface area contributed by atoms with Gasteiger partial charge in [0.25, 0.3) is 5.69 Å². The van der Waals surface area contributed by atoms with Gasteiger partial charge in [-0.15, -0.1) is 0 Å². The minimum Gasteiger partial charge on any atom is -0.435 e. The van der Waals surface area contributed by atoms with Gasteiger partial charge in [0.2, 0.25) is 0 Å². The second-order valence-corrected chi connectivity index (χ2v) is 3.25. The van der Waals surface area contributed by atoms with Gasteiger partial charge in [0, 0.05) is 12.1 Å². The topological polar surface area (TPSA) is 78.7 Å². The fourth-order valence-electron chi connectivity index (χ4n) is 1.17. The lowest BCUT2D eigenvalue weighted by Gasteiger charge is -2.00. The third kappa shape index (κ3) is 4.65. The van der Waals surface area contributed by atoms with Gasteiger partial charge < -0.3 is 9.47 Å². The minimum absolute atomic E-state index is 0.0370. The van der Waals surface area contributed by atoms with Gasteiger partial charge in [-0.05, 0) is 30.7 Å². The van der Waals surface area contributed by atoms with Gasteiger partial charge in [-0.25, -0.2) is 4.79 Å². The fraction of sp³-hybridized carbons (Fsp3) is 0.250. The number of nitro groups is 1. The van der Waals surface area contributed by atoms with Crippen LogP contribution in [0, 0.1) is 10.1 Å². The summed E-state index contributed by atoms with van der Waals surface area (Å²) in [5.74, 6) is 0. The average Bonchev–Trinajstić information content (AvgIpc) is 2.35. The molecule has 0 N–H and O–H groups in total. The zero-order valence-electron chi connectivity index (χ0n) is 9.87. The second kappa shape index (κ2) is 7.05. The van der Waals surface area contributed by atoms with Gasteiger partial charge in [0.05, 0.1) is 11.5 Å². The predicted molar refractivity (Wildman–Crippen MR) is 65.1 cm³/mol. The number of nitrogens with zero attached hydrogens (tertiary/aromatic N) is 1. The molecule has 6 heteroatoms. The number of carbonyl (C=O) groups is 1. The van der Waals surface area contributed by atoms with Gasteiger partial charge in [0.1, 0.15) is 6.61 Å². The van der Waals surface area contributed by atoms with E-state index in [0.29, 0.717) is 0 Å². The molecule has 0 aromatic heterocycles. The summed E-state index contributed by atoms with van der Waals surface area (Å²) >= 11 is 0. The van der Waals surface area contributed by atoms with E-state index in [1.54, 1.807) is 31.2 Å². The molecule has 0 radical (unpaired) electrons. The van der Waals surface area contributed by atoms with Gasteiger partial charge in [0.15, 0.2) is 0 Å². The highest BCUT2D eigenvalue weighted by atomic mass is 16.7. The summed E-state index contributed by atoms with van der Waals surface area (Å²) in [5, 5.41) is 10.4. The van der Waals surface area contributed by atoms with E-state index in [4.69, 9.17) is 4.74 Å². The van der Waals surface area contributed by atoms with Crippen molar-refractivity contribution in [1.29, 1.82) is 0 Å². The molecular formula is C12H13NO5. The van der Waals surface area contributed by atoms with E-state index >= 15 is 0 Å². The molecule has 0 atom stereocenters. The number of ether oxygens (including phenoxy) is 2. The lowest BCUT2D eigenvalue weighted by atomic mass is 10.2. The second-order valence-electron chi connectivity index (χ2n) is 3.25. The van der Waals surface area contributed by atoms with Crippen molar-refractivity contribution in [2.75, 3.05) is 13.2 Å². The first-order chi connectivity index (χ1) is 8.63. The molecule has 0 amide bonds. The standard InChI is InChI=1S/C12H13NO5/c1-2-17-12(14)18-9-3-4-10-5-7-11(8-6-10)13(15)16/h3-8H,2,9H2,1H3/b4-3+. The summed E-state index contributed by atoms with van der Waals surface area (Å²) in [5.41, 5.74) is 0.822. The largest absolute Gasteiger partial charge is 0.508 e. The molecule has 0 aliphatic heterocycles. The smallest absolute Gasteiger partial charge is 0.435 e. The van der Waals surface area contributed by atoms with Crippen LogP contribution in [0.15, 0.2) is 30.3 Å². The normalized spacial score (nSPS) is 10.3. The van der Waals surface area contributed by atoms with Crippen LogP contribution in [-0.2, 0) is 9.47 Å². The van der Waals surface area contributed by atoms with E-state index in [2.05, 4.69) is 4.74 Å². The van der Waals surface area contributed by atoms with Crippen LogP contribution < -0.4 is 0 Å². The van der Waals surface area contributed by atoms with E-state index in [9.17, 15) is 14.9 Å². The maximum Gasteiger partial charge on any atom is 0.508 e. The number of rotatable bonds is 5. The Labute approximate surface area is 104 Å². The molecule has 1 rings (SSSR count). The molecule has 1 aromatic carbocycles. The highest BCUT2D eigenvalue weighted by Crippen LogP contribution is 2.12. The molecule has 0 aliphatic rings. The Morgan fingerprint density at radius 1 is 1.33 bits per heavy atom. The van der Waals surface area contributed by atoms with Crippen molar-refractivity contribution in [3.05, 3.63) is 46.0 Å². The van der Waals surface area contributed by atoms with Gasteiger partial charge in [-0.1, -0.05) is 6.08 Å². The third-order valence-corrected chi connectivity index (χ3v) is 1.97. The molecule has 0 unspecified atom stereocenters. The van der Waals surface area contributed by atoms with Crippen molar-refractivity contribution in [1.82, 2.24) is 0 Å². The van der Waals surface area contributed by atoms with E-state index in [-0.39, 0.29) is 18.9 Å². The van der Waals surface area contributed by atoms with E-state index in [0.717, 1.165) is 5.56 Å². The first-order valence-electron chi connectivity index (χ1n) is 5.34. The Morgan fingerprint density at radius 3 is 2.56 bits per heavy atom. The predicted octanol–water partition coefficient (Wildman–Crippen LogP) is 2.78. The summed E-state index contributed by atoms with van der Waals surface area (Å²) in [6.45, 7) is 2.05. The average molecular weight is 251 g/mol. The number of non-ortho nitro benzene ring substituents is 1. The molecule has 0 fully saturated rings. The molecule has 18 heavy (non-hydrogen) atoms. The first-order valence-corrected chi connectivity index (χ1v) is 5.34. The highest BCUT2D eigenvalue weighted by molar-refractivity contribution is 5.60. The maximum absolute atomic E-state index is 10.8. The molecular weight excluding hydrogens is 238 g/mol. The monoisotopic (exact) mass is 251 g/mol. The Balaban J connectivity index is 2.42.